The molecule has 1 amide bonds. The Morgan fingerprint density at radius 3 is 2.39 bits per heavy atom. The Morgan fingerprint density at radius 2 is 1.78 bits per heavy atom. The van der Waals surface area contributed by atoms with Crippen LogP contribution in [0.3, 0.4) is 0 Å². The minimum Gasteiger partial charge on any atom is -0.369 e. The fourth-order valence-electron chi connectivity index (χ4n) is 3.12. The molecule has 1 aliphatic rings. The summed E-state index contributed by atoms with van der Waals surface area (Å²) in [4.78, 5) is 11.7. The number of amides is 1. The molecule has 2 nitrogen and oxygen atoms in total. The van der Waals surface area contributed by atoms with Gasteiger partial charge >= 0.3 is 0 Å². The molecule has 1 aromatic rings. The number of hydrogen-bond acceptors (Lipinski definition) is 1. The summed E-state index contributed by atoms with van der Waals surface area (Å²) in [5.41, 5.74) is 6.80. The van der Waals surface area contributed by atoms with E-state index in [0.29, 0.717) is 0 Å². The van der Waals surface area contributed by atoms with E-state index in [9.17, 15) is 4.79 Å². The summed E-state index contributed by atoms with van der Waals surface area (Å²) in [5, 5.41) is 0. The monoisotopic (exact) mass is 245 g/mol. The average molecular weight is 245 g/mol. The SMILES string of the molecule is NC(=O)C1(CCCc2ccccc2)CCCCC1. The molecule has 2 heteroatoms. The second-order valence-electron chi connectivity index (χ2n) is 5.54. The predicted molar refractivity (Wildman–Crippen MR) is 74.1 cm³/mol. The lowest BCUT2D eigenvalue weighted by Gasteiger charge is -2.34. The molecule has 0 spiro atoms. The third-order valence-electron chi connectivity index (χ3n) is 4.30. The smallest absolute Gasteiger partial charge is 0.223 e. The van der Waals surface area contributed by atoms with Crippen molar-refractivity contribution < 1.29 is 4.79 Å². The maximum Gasteiger partial charge on any atom is 0.223 e. The highest BCUT2D eigenvalue weighted by molar-refractivity contribution is 5.80. The van der Waals surface area contributed by atoms with E-state index in [1.807, 2.05) is 6.07 Å². The Bertz CT molecular complexity index is 379. The summed E-state index contributed by atoms with van der Waals surface area (Å²) >= 11 is 0. The van der Waals surface area contributed by atoms with Crippen LogP contribution in [0.2, 0.25) is 0 Å². The first-order valence-corrected chi connectivity index (χ1v) is 7.07. The van der Waals surface area contributed by atoms with E-state index in [4.69, 9.17) is 5.73 Å². The van der Waals surface area contributed by atoms with Gasteiger partial charge in [-0.3, -0.25) is 4.79 Å². The van der Waals surface area contributed by atoms with Gasteiger partial charge < -0.3 is 5.73 Å². The Labute approximate surface area is 110 Å². The molecule has 2 rings (SSSR count). The minimum atomic E-state index is -0.201. The maximum atomic E-state index is 11.7. The first-order chi connectivity index (χ1) is 8.73. The molecule has 98 valence electrons. The van der Waals surface area contributed by atoms with Gasteiger partial charge in [0, 0.05) is 5.41 Å². The largest absolute Gasteiger partial charge is 0.369 e. The van der Waals surface area contributed by atoms with Crippen LogP contribution in [-0.2, 0) is 11.2 Å². The van der Waals surface area contributed by atoms with Crippen molar-refractivity contribution in [3.63, 3.8) is 0 Å². The molecular weight excluding hydrogens is 222 g/mol. The van der Waals surface area contributed by atoms with Crippen LogP contribution in [0.25, 0.3) is 0 Å². The number of rotatable bonds is 5. The van der Waals surface area contributed by atoms with Crippen molar-refractivity contribution in [2.75, 3.05) is 0 Å². The number of aryl methyl sites for hydroxylation is 1. The van der Waals surface area contributed by atoms with Crippen LogP contribution in [0.15, 0.2) is 30.3 Å². The van der Waals surface area contributed by atoms with Crippen molar-refractivity contribution >= 4 is 5.91 Å². The molecule has 0 aromatic heterocycles. The van der Waals surface area contributed by atoms with E-state index < -0.39 is 0 Å². The number of hydrogen-bond donors (Lipinski definition) is 1. The third kappa shape index (κ3) is 3.12. The minimum absolute atomic E-state index is 0.0738. The number of primary amides is 1. The molecule has 1 aromatic carbocycles. The van der Waals surface area contributed by atoms with Crippen molar-refractivity contribution in [2.24, 2.45) is 11.1 Å². The zero-order valence-corrected chi connectivity index (χ0v) is 11.0. The van der Waals surface area contributed by atoms with Crippen LogP contribution < -0.4 is 5.73 Å². The molecule has 0 atom stereocenters. The van der Waals surface area contributed by atoms with Crippen LogP contribution in [-0.4, -0.2) is 5.91 Å². The first-order valence-electron chi connectivity index (χ1n) is 7.07. The summed E-state index contributed by atoms with van der Waals surface area (Å²) in [6.07, 6.45) is 8.64. The number of benzene rings is 1. The molecule has 0 saturated heterocycles. The van der Waals surface area contributed by atoms with Gasteiger partial charge in [-0.2, -0.15) is 0 Å². The molecule has 0 unspecified atom stereocenters. The summed E-state index contributed by atoms with van der Waals surface area (Å²) in [6, 6.07) is 10.5. The average Bonchev–Trinajstić information content (AvgIpc) is 2.41. The van der Waals surface area contributed by atoms with Gasteiger partial charge in [-0.1, -0.05) is 49.6 Å². The topological polar surface area (TPSA) is 43.1 Å². The van der Waals surface area contributed by atoms with Crippen LogP contribution in [0.1, 0.15) is 50.5 Å². The molecule has 0 heterocycles. The van der Waals surface area contributed by atoms with Crippen LogP contribution >= 0.6 is 0 Å². The first kappa shape index (κ1) is 13.1. The zero-order valence-electron chi connectivity index (χ0n) is 11.0. The predicted octanol–water partition coefficient (Wildman–Crippen LogP) is 3.45. The van der Waals surface area contributed by atoms with Crippen LogP contribution in [0.5, 0.6) is 0 Å². The standard InChI is InChI=1S/C16H23NO/c17-15(18)16(11-5-2-6-12-16)13-7-10-14-8-3-1-4-9-14/h1,3-4,8-9H,2,5-7,10-13H2,(H2,17,18). The Morgan fingerprint density at radius 1 is 1.11 bits per heavy atom. The summed E-state index contributed by atoms with van der Waals surface area (Å²) in [7, 11) is 0. The van der Waals surface area contributed by atoms with Gasteiger partial charge in [0.05, 0.1) is 0 Å². The Hall–Kier alpha value is -1.31. The highest BCUT2D eigenvalue weighted by Gasteiger charge is 2.36. The summed E-state index contributed by atoms with van der Waals surface area (Å²) < 4.78 is 0. The van der Waals surface area contributed by atoms with Gasteiger partial charge in [-0.15, -0.1) is 0 Å². The summed E-state index contributed by atoms with van der Waals surface area (Å²) in [5.74, 6) is -0.0738. The molecule has 1 aliphatic carbocycles. The normalized spacial score (nSPS) is 18.4. The molecule has 1 saturated carbocycles. The van der Waals surface area contributed by atoms with Gasteiger partial charge in [-0.05, 0) is 37.7 Å². The lowest BCUT2D eigenvalue weighted by molar-refractivity contribution is -0.130. The van der Waals surface area contributed by atoms with E-state index in [-0.39, 0.29) is 11.3 Å². The highest BCUT2D eigenvalue weighted by Crippen LogP contribution is 2.40. The Balaban J connectivity index is 1.88. The lowest BCUT2D eigenvalue weighted by atomic mass is 9.70. The van der Waals surface area contributed by atoms with E-state index in [1.54, 1.807) is 0 Å². The van der Waals surface area contributed by atoms with E-state index in [0.717, 1.165) is 44.9 Å². The van der Waals surface area contributed by atoms with E-state index >= 15 is 0 Å². The molecule has 1 fully saturated rings. The molecule has 0 radical (unpaired) electrons. The Kier molecular flexibility index (Phi) is 4.40. The number of carbonyl (C=O) groups excluding carboxylic acids is 1. The van der Waals surface area contributed by atoms with Gasteiger partial charge in [0.15, 0.2) is 0 Å². The quantitative estimate of drug-likeness (QED) is 0.848. The number of carbonyl (C=O) groups is 1. The van der Waals surface area contributed by atoms with Crippen molar-refractivity contribution in [3.8, 4) is 0 Å². The van der Waals surface area contributed by atoms with Crippen molar-refractivity contribution in [3.05, 3.63) is 35.9 Å². The second kappa shape index (κ2) is 6.03. The summed E-state index contributed by atoms with van der Waals surface area (Å²) in [6.45, 7) is 0. The van der Waals surface area contributed by atoms with E-state index in [2.05, 4.69) is 24.3 Å². The molecule has 18 heavy (non-hydrogen) atoms. The molecule has 0 bridgehead atoms. The van der Waals surface area contributed by atoms with Crippen molar-refractivity contribution in [2.45, 2.75) is 51.4 Å². The second-order valence-corrected chi connectivity index (χ2v) is 5.54. The molecular formula is C16H23NO. The molecule has 2 N–H and O–H groups in total. The zero-order chi connectivity index (χ0) is 12.8. The number of nitrogens with two attached hydrogens (primary N) is 1. The fourth-order valence-corrected chi connectivity index (χ4v) is 3.12. The maximum absolute atomic E-state index is 11.7. The van der Waals surface area contributed by atoms with Crippen LogP contribution in [0.4, 0.5) is 0 Å². The van der Waals surface area contributed by atoms with Gasteiger partial charge in [0.1, 0.15) is 0 Å². The van der Waals surface area contributed by atoms with Gasteiger partial charge in [0.25, 0.3) is 0 Å². The van der Waals surface area contributed by atoms with Gasteiger partial charge in [0.2, 0.25) is 5.91 Å². The van der Waals surface area contributed by atoms with Crippen LogP contribution in [0, 0.1) is 5.41 Å². The molecule has 0 aliphatic heterocycles. The third-order valence-corrected chi connectivity index (χ3v) is 4.30. The highest BCUT2D eigenvalue weighted by atomic mass is 16.1. The van der Waals surface area contributed by atoms with Crippen molar-refractivity contribution in [1.82, 2.24) is 0 Å². The van der Waals surface area contributed by atoms with Gasteiger partial charge in [-0.25, -0.2) is 0 Å². The van der Waals surface area contributed by atoms with E-state index in [1.165, 1.54) is 12.0 Å². The lowest BCUT2D eigenvalue weighted by Crippen LogP contribution is -2.38. The fraction of sp³-hybridized carbons (Fsp3) is 0.562. The van der Waals surface area contributed by atoms with Crippen molar-refractivity contribution in [1.29, 1.82) is 0 Å².